The second kappa shape index (κ2) is 4.25. The topological polar surface area (TPSA) is 43.6 Å². The van der Waals surface area contributed by atoms with E-state index in [0.29, 0.717) is 6.54 Å². The predicted octanol–water partition coefficient (Wildman–Crippen LogP) is 2.64. The van der Waals surface area contributed by atoms with Gasteiger partial charge in [0.25, 0.3) is 0 Å². The van der Waals surface area contributed by atoms with E-state index in [1.165, 1.54) is 0 Å². The number of rotatable bonds is 2. The lowest BCUT2D eigenvalue weighted by molar-refractivity contribution is 0.662. The monoisotopic (exact) mass is 288 g/mol. The minimum Gasteiger partial charge on any atom is -0.264 e. The number of hydrogen-bond acceptors (Lipinski definition) is 3. The van der Waals surface area contributed by atoms with Crippen LogP contribution in [0.2, 0.25) is 0 Å². The van der Waals surface area contributed by atoms with Gasteiger partial charge in [0.05, 0.1) is 0 Å². The van der Waals surface area contributed by atoms with E-state index in [1.807, 2.05) is 29.1 Å². The van der Waals surface area contributed by atoms with E-state index in [2.05, 4.69) is 31.0 Å². The van der Waals surface area contributed by atoms with Crippen LogP contribution in [-0.2, 0) is 6.54 Å². The normalized spacial score (nSPS) is 10.9. The lowest BCUT2D eigenvalue weighted by atomic mass is 10.3. The minimum absolute atomic E-state index is 0.585. The van der Waals surface area contributed by atoms with Gasteiger partial charge < -0.3 is 0 Å². The fourth-order valence-electron chi connectivity index (χ4n) is 1.70. The summed E-state index contributed by atoms with van der Waals surface area (Å²) in [6, 6.07) is 7.82. The third-order valence-corrected chi connectivity index (χ3v) is 3.10. The third-order valence-electron chi connectivity index (χ3n) is 2.46. The SMILES string of the molecule is Brc1cccc2cn(Cc3ncccn3)nc12. The Kier molecular flexibility index (Phi) is 2.60. The fraction of sp³-hybridized carbons (Fsp3) is 0.0833. The van der Waals surface area contributed by atoms with E-state index in [1.54, 1.807) is 18.5 Å². The van der Waals surface area contributed by atoms with Crippen molar-refractivity contribution >= 4 is 26.8 Å². The summed E-state index contributed by atoms with van der Waals surface area (Å²) in [7, 11) is 0. The highest BCUT2D eigenvalue weighted by atomic mass is 79.9. The van der Waals surface area contributed by atoms with Crippen LogP contribution in [-0.4, -0.2) is 19.7 Å². The zero-order chi connectivity index (χ0) is 11.7. The number of hydrogen-bond donors (Lipinski definition) is 0. The molecule has 0 unspecified atom stereocenters. The number of halogens is 1. The zero-order valence-electron chi connectivity index (χ0n) is 8.92. The third kappa shape index (κ3) is 2.06. The van der Waals surface area contributed by atoms with Crippen LogP contribution in [0.4, 0.5) is 0 Å². The highest BCUT2D eigenvalue weighted by molar-refractivity contribution is 9.10. The van der Waals surface area contributed by atoms with Crippen molar-refractivity contribution in [2.45, 2.75) is 6.54 Å². The fourth-order valence-corrected chi connectivity index (χ4v) is 2.16. The van der Waals surface area contributed by atoms with Crippen molar-refractivity contribution in [1.82, 2.24) is 19.7 Å². The summed E-state index contributed by atoms with van der Waals surface area (Å²) in [5.41, 5.74) is 0.962. The largest absolute Gasteiger partial charge is 0.264 e. The van der Waals surface area contributed by atoms with Gasteiger partial charge >= 0.3 is 0 Å². The van der Waals surface area contributed by atoms with E-state index >= 15 is 0 Å². The maximum absolute atomic E-state index is 4.50. The van der Waals surface area contributed by atoms with E-state index in [4.69, 9.17) is 0 Å². The molecule has 1 aromatic carbocycles. The zero-order valence-corrected chi connectivity index (χ0v) is 10.5. The first-order valence-electron chi connectivity index (χ1n) is 5.20. The summed E-state index contributed by atoms with van der Waals surface area (Å²) >= 11 is 3.49. The number of nitrogens with zero attached hydrogens (tertiary/aromatic N) is 4. The van der Waals surface area contributed by atoms with Crippen molar-refractivity contribution in [3.8, 4) is 0 Å². The molecule has 3 aromatic rings. The van der Waals surface area contributed by atoms with Gasteiger partial charge in [-0.3, -0.25) is 4.68 Å². The molecule has 0 N–H and O–H groups in total. The first kappa shape index (κ1) is 10.4. The van der Waals surface area contributed by atoms with Gasteiger partial charge in [-0.15, -0.1) is 0 Å². The molecule has 5 heteroatoms. The van der Waals surface area contributed by atoms with Crippen molar-refractivity contribution in [2.24, 2.45) is 0 Å². The molecule has 17 heavy (non-hydrogen) atoms. The lowest BCUT2D eigenvalue weighted by Gasteiger charge is -1.98. The smallest absolute Gasteiger partial charge is 0.149 e. The summed E-state index contributed by atoms with van der Waals surface area (Å²) in [4.78, 5) is 8.37. The second-order valence-corrected chi connectivity index (χ2v) is 4.52. The molecule has 3 rings (SSSR count). The molecule has 0 amide bonds. The maximum Gasteiger partial charge on any atom is 0.149 e. The molecule has 4 nitrogen and oxygen atoms in total. The van der Waals surface area contributed by atoms with Crippen LogP contribution < -0.4 is 0 Å². The molecular weight excluding hydrogens is 280 g/mol. The summed E-state index contributed by atoms with van der Waals surface area (Å²) in [5, 5.41) is 5.60. The average molecular weight is 289 g/mol. The van der Waals surface area contributed by atoms with Crippen molar-refractivity contribution < 1.29 is 0 Å². The Bertz CT molecular complexity index is 648. The maximum atomic E-state index is 4.50. The van der Waals surface area contributed by atoms with Gasteiger partial charge in [0.2, 0.25) is 0 Å². The van der Waals surface area contributed by atoms with Crippen LogP contribution in [0, 0.1) is 0 Å². The Labute approximate surface area is 106 Å². The standard InChI is InChI=1S/C12H9BrN4/c13-10-4-1-3-9-7-17(16-12(9)10)8-11-14-5-2-6-15-11/h1-7H,8H2. The van der Waals surface area contributed by atoms with E-state index in [-0.39, 0.29) is 0 Å². The van der Waals surface area contributed by atoms with Crippen LogP contribution >= 0.6 is 15.9 Å². The van der Waals surface area contributed by atoms with Crippen LogP contribution in [0.15, 0.2) is 47.3 Å². The molecule has 0 aliphatic carbocycles. The molecule has 0 saturated heterocycles. The molecule has 0 radical (unpaired) electrons. The Morgan fingerprint density at radius 3 is 2.71 bits per heavy atom. The highest BCUT2D eigenvalue weighted by Crippen LogP contribution is 2.21. The number of benzene rings is 1. The average Bonchev–Trinajstić information content (AvgIpc) is 2.74. The molecule has 0 aliphatic heterocycles. The molecule has 0 atom stereocenters. The van der Waals surface area contributed by atoms with Crippen molar-refractivity contribution in [3.05, 3.63) is 53.2 Å². The first-order chi connectivity index (χ1) is 8.33. The van der Waals surface area contributed by atoms with Crippen molar-refractivity contribution in [2.75, 3.05) is 0 Å². The summed E-state index contributed by atoms with van der Waals surface area (Å²) in [6.45, 7) is 0.585. The quantitative estimate of drug-likeness (QED) is 0.728. The van der Waals surface area contributed by atoms with Gasteiger partial charge in [0.1, 0.15) is 17.9 Å². The minimum atomic E-state index is 0.585. The van der Waals surface area contributed by atoms with Gasteiger partial charge in [-0.1, -0.05) is 12.1 Å². The number of fused-ring (bicyclic) bond motifs is 1. The lowest BCUT2D eigenvalue weighted by Crippen LogP contribution is -2.03. The van der Waals surface area contributed by atoms with Gasteiger partial charge in [0.15, 0.2) is 0 Å². The van der Waals surface area contributed by atoms with Crippen LogP contribution in [0.25, 0.3) is 10.9 Å². The Hall–Kier alpha value is -1.75. The molecule has 84 valence electrons. The Balaban J connectivity index is 1.99. The summed E-state index contributed by atoms with van der Waals surface area (Å²) in [5.74, 6) is 0.761. The second-order valence-electron chi connectivity index (χ2n) is 3.67. The molecular formula is C12H9BrN4. The molecule has 0 aliphatic rings. The summed E-state index contributed by atoms with van der Waals surface area (Å²) in [6.07, 6.45) is 5.47. The molecule has 0 bridgehead atoms. The molecule has 0 saturated carbocycles. The van der Waals surface area contributed by atoms with Crippen LogP contribution in [0.5, 0.6) is 0 Å². The highest BCUT2D eigenvalue weighted by Gasteiger charge is 2.04. The number of aromatic nitrogens is 4. The van der Waals surface area contributed by atoms with Crippen molar-refractivity contribution in [3.63, 3.8) is 0 Å². The van der Waals surface area contributed by atoms with Crippen LogP contribution in [0.1, 0.15) is 5.82 Å². The van der Waals surface area contributed by atoms with E-state index in [0.717, 1.165) is 21.2 Å². The van der Waals surface area contributed by atoms with E-state index < -0.39 is 0 Å². The molecule has 2 aromatic heterocycles. The van der Waals surface area contributed by atoms with Gasteiger partial charge in [-0.05, 0) is 28.1 Å². The van der Waals surface area contributed by atoms with Gasteiger partial charge in [0, 0.05) is 28.4 Å². The summed E-state index contributed by atoms with van der Waals surface area (Å²) < 4.78 is 2.85. The molecule has 2 heterocycles. The molecule has 0 spiro atoms. The van der Waals surface area contributed by atoms with E-state index in [9.17, 15) is 0 Å². The van der Waals surface area contributed by atoms with Gasteiger partial charge in [-0.2, -0.15) is 5.10 Å². The molecule has 0 fully saturated rings. The Morgan fingerprint density at radius 1 is 1.12 bits per heavy atom. The van der Waals surface area contributed by atoms with Gasteiger partial charge in [-0.25, -0.2) is 9.97 Å². The Morgan fingerprint density at radius 2 is 1.94 bits per heavy atom. The van der Waals surface area contributed by atoms with Crippen molar-refractivity contribution in [1.29, 1.82) is 0 Å². The predicted molar refractivity (Wildman–Crippen MR) is 68.6 cm³/mol. The van der Waals surface area contributed by atoms with Crippen LogP contribution in [0.3, 0.4) is 0 Å². The first-order valence-corrected chi connectivity index (χ1v) is 6.00.